The summed E-state index contributed by atoms with van der Waals surface area (Å²) in [5, 5.41) is 4.50. The normalized spacial score (nSPS) is 24.1. The van der Waals surface area contributed by atoms with Crippen LogP contribution in [0.2, 0.25) is 0 Å². The minimum Gasteiger partial charge on any atom is -0.342 e. The lowest BCUT2D eigenvalue weighted by molar-refractivity contribution is -0.131. The third kappa shape index (κ3) is 3.04. The van der Waals surface area contributed by atoms with Gasteiger partial charge in [0.15, 0.2) is 5.78 Å². The fourth-order valence-corrected chi connectivity index (χ4v) is 4.29. The van der Waals surface area contributed by atoms with Gasteiger partial charge in [-0.3, -0.25) is 14.3 Å². The second kappa shape index (κ2) is 6.54. The standard InChI is InChI=1S/C19H27N3O2/c1-12(22-14(3)19(15(4)23)13(2)20-22)9-18(24)21-10-16-7-5-6-8-17(16)11-21/h5-6,12,16-17H,7-11H2,1-4H3/t12-,16-,17+/m0/s1. The van der Waals surface area contributed by atoms with E-state index in [0.29, 0.717) is 23.8 Å². The molecule has 2 aliphatic rings. The monoisotopic (exact) mass is 329 g/mol. The number of ketones is 1. The molecule has 0 spiro atoms. The highest BCUT2D eigenvalue weighted by molar-refractivity contribution is 5.96. The fourth-order valence-electron chi connectivity index (χ4n) is 4.29. The molecule has 0 unspecified atom stereocenters. The second-order valence-electron chi connectivity index (χ2n) is 7.36. The van der Waals surface area contributed by atoms with Gasteiger partial charge in [-0.2, -0.15) is 5.10 Å². The number of rotatable bonds is 4. The highest BCUT2D eigenvalue weighted by atomic mass is 16.2. The topological polar surface area (TPSA) is 55.2 Å². The molecule has 1 aromatic rings. The van der Waals surface area contributed by atoms with E-state index < -0.39 is 0 Å². The first-order valence-corrected chi connectivity index (χ1v) is 8.88. The van der Waals surface area contributed by atoms with Gasteiger partial charge in [-0.1, -0.05) is 12.2 Å². The summed E-state index contributed by atoms with van der Waals surface area (Å²) < 4.78 is 1.84. The summed E-state index contributed by atoms with van der Waals surface area (Å²) >= 11 is 0. The van der Waals surface area contributed by atoms with E-state index in [1.807, 2.05) is 30.4 Å². The summed E-state index contributed by atoms with van der Waals surface area (Å²) in [6, 6.07) is -0.0370. The lowest BCUT2D eigenvalue weighted by atomic mass is 9.86. The Kier molecular flexibility index (Phi) is 4.61. The highest BCUT2D eigenvalue weighted by Gasteiger charge is 2.35. The van der Waals surface area contributed by atoms with Crippen molar-refractivity contribution in [2.75, 3.05) is 13.1 Å². The average Bonchev–Trinajstić information content (AvgIpc) is 3.08. The molecule has 0 radical (unpaired) electrons. The molecular weight excluding hydrogens is 302 g/mol. The third-order valence-corrected chi connectivity index (χ3v) is 5.54. The van der Waals surface area contributed by atoms with E-state index >= 15 is 0 Å². The second-order valence-corrected chi connectivity index (χ2v) is 7.36. The van der Waals surface area contributed by atoms with Crippen LogP contribution in [-0.2, 0) is 4.79 Å². The van der Waals surface area contributed by atoms with Crippen molar-refractivity contribution in [1.29, 1.82) is 0 Å². The Hall–Kier alpha value is -1.91. The van der Waals surface area contributed by atoms with Crippen LogP contribution in [-0.4, -0.2) is 39.5 Å². The number of nitrogens with zero attached hydrogens (tertiary/aromatic N) is 3. The maximum absolute atomic E-state index is 12.7. The van der Waals surface area contributed by atoms with Crippen LogP contribution in [0.1, 0.15) is 60.9 Å². The van der Waals surface area contributed by atoms with Crippen molar-refractivity contribution >= 4 is 11.7 Å². The van der Waals surface area contributed by atoms with E-state index in [-0.39, 0.29) is 17.7 Å². The van der Waals surface area contributed by atoms with Gasteiger partial charge in [0.2, 0.25) is 5.91 Å². The van der Waals surface area contributed by atoms with Crippen molar-refractivity contribution < 1.29 is 9.59 Å². The minimum absolute atomic E-state index is 0.0332. The lowest BCUT2D eigenvalue weighted by Crippen LogP contribution is -2.31. The van der Waals surface area contributed by atoms with Gasteiger partial charge in [0.05, 0.1) is 17.3 Å². The number of allylic oxidation sites excluding steroid dienone is 2. The van der Waals surface area contributed by atoms with Crippen molar-refractivity contribution in [3.05, 3.63) is 29.1 Å². The summed E-state index contributed by atoms with van der Waals surface area (Å²) in [5.41, 5.74) is 2.30. The molecule has 0 N–H and O–H groups in total. The predicted octanol–water partition coefficient (Wildman–Crippen LogP) is 3.08. The average molecular weight is 329 g/mol. The number of hydrogen-bond acceptors (Lipinski definition) is 3. The van der Waals surface area contributed by atoms with E-state index in [0.717, 1.165) is 37.3 Å². The molecule has 1 aromatic heterocycles. The van der Waals surface area contributed by atoms with E-state index in [2.05, 4.69) is 17.3 Å². The van der Waals surface area contributed by atoms with E-state index in [1.54, 1.807) is 6.92 Å². The number of hydrogen-bond donors (Lipinski definition) is 0. The zero-order valence-electron chi connectivity index (χ0n) is 15.1. The molecular formula is C19H27N3O2. The van der Waals surface area contributed by atoms with Crippen LogP contribution in [0.15, 0.2) is 12.2 Å². The molecule has 130 valence electrons. The number of carbonyl (C=O) groups excluding carboxylic acids is 2. The first-order valence-electron chi connectivity index (χ1n) is 8.88. The molecule has 1 amide bonds. The smallest absolute Gasteiger partial charge is 0.224 e. The van der Waals surface area contributed by atoms with E-state index in [1.165, 1.54) is 0 Å². The first-order chi connectivity index (χ1) is 11.4. The summed E-state index contributed by atoms with van der Waals surface area (Å²) in [6.45, 7) is 9.11. The molecule has 1 aliphatic heterocycles. The van der Waals surface area contributed by atoms with E-state index in [9.17, 15) is 9.59 Å². The molecule has 1 fully saturated rings. The molecule has 0 saturated carbocycles. The van der Waals surface area contributed by atoms with Gasteiger partial charge in [-0.05, 0) is 52.4 Å². The highest BCUT2D eigenvalue weighted by Crippen LogP contribution is 2.33. The zero-order valence-corrected chi connectivity index (χ0v) is 15.1. The van der Waals surface area contributed by atoms with Crippen LogP contribution in [0, 0.1) is 25.7 Å². The Bertz CT molecular complexity index is 673. The van der Waals surface area contributed by atoms with Gasteiger partial charge in [0.25, 0.3) is 0 Å². The van der Waals surface area contributed by atoms with Crippen LogP contribution in [0.25, 0.3) is 0 Å². The molecule has 0 bridgehead atoms. The number of Topliss-reactive ketones (excluding diaryl/α,β-unsaturated/α-hetero) is 1. The molecule has 0 aromatic carbocycles. The van der Waals surface area contributed by atoms with Crippen molar-refractivity contribution in [1.82, 2.24) is 14.7 Å². The van der Waals surface area contributed by atoms with Crippen LogP contribution in [0.4, 0.5) is 0 Å². The Morgan fingerprint density at radius 3 is 2.29 bits per heavy atom. The van der Waals surface area contributed by atoms with Crippen LogP contribution in [0.3, 0.4) is 0 Å². The predicted molar refractivity (Wildman–Crippen MR) is 93.0 cm³/mol. The summed E-state index contributed by atoms with van der Waals surface area (Å²) in [5.74, 6) is 1.50. The van der Waals surface area contributed by atoms with E-state index in [4.69, 9.17) is 0 Å². The summed E-state index contributed by atoms with van der Waals surface area (Å²) in [4.78, 5) is 26.5. The Labute approximate surface area is 143 Å². The quantitative estimate of drug-likeness (QED) is 0.630. The van der Waals surface area contributed by atoms with Crippen molar-refractivity contribution in [3.8, 4) is 0 Å². The number of aromatic nitrogens is 2. The Morgan fingerprint density at radius 1 is 1.21 bits per heavy atom. The Morgan fingerprint density at radius 2 is 1.79 bits per heavy atom. The molecule has 5 nitrogen and oxygen atoms in total. The zero-order chi connectivity index (χ0) is 17.4. The fraction of sp³-hybridized carbons (Fsp3) is 0.632. The van der Waals surface area contributed by atoms with Gasteiger partial charge in [0, 0.05) is 25.2 Å². The van der Waals surface area contributed by atoms with Crippen LogP contribution >= 0.6 is 0 Å². The molecule has 1 aliphatic carbocycles. The molecule has 24 heavy (non-hydrogen) atoms. The lowest BCUT2D eigenvalue weighted by Gasteiger charge is -2.20. The third-order valence-electron chi connectivity index (χ3n) is 5.54. The maximum Gasteiger partial charge on any atom is 0.224 e. The summed E-state index contributed by atoms with van der Waals surface area (Å²) in [6.07, 6.45) is 7.13. The number of fused-ring (bicyclic) bond motifs is 1. The van der Waals surface area contributed by atoms with Gasteiger partial charge in [0.1, 0.15) is 0 Å². The van der Waals surface area contributed by atoms with Gasteiger partial charge < -0.3 is 4.90 Å². The van der Waals surface area contributed by atoms with Crippen molar-refractivity contribution in [2.45, 2.75) is 53.0 Å². The van der Waals surface area contributed by atoms with Gasteiger partial charge in [-0.15, -0.1) is 0 Å². The first kappa shape index (κ1) is 16.9. The maximum atomic E-state index is 12.7. The number of carbonyl (C=O) groups is 2. The summed E-state index contributed by atoms with van der Waals surface area (Å²) in [7, 11) is 0. The molecule has 2 heterocycles. The molecule has 3 atom stereocenters. The van der Waals surface area contributed by atoms with Crippen LogP contribution in [0.5, 0.6) is 0 Å². The number of aryl methyl sites for hydroxylation is 1. The Balaban J connectivity index is 1.67. The largest absolute Gasteiger partial charge is 0.342 e. The molecule has 3 rings (SSSR count). The van der Waals surface area contributed by atoms with Crippen molar-refractivity contribution in [3.63, 3.8) is 0 Å². The molecule has 5 heteroatoms. The van der Waals surface area contributed by atoms with Crippen LogP contribution < -0.4 is 0 Å². The van der Waals surface area contributed by atoms with Crippen molar-refractivity contribution in [2.24, 2.45) is 11.8 Å². The van der Waals surface area contributed by atoms with Gasteiger partial charge in [-0.25, -0.2) is 0 Å². The number of likely N-dealkylation sites (tertiary alicyclic amines) is 1. The molecule has 1 saturated heterocycles. The number of amides is 1. The minimum atomic E-state index is -0.0370. The SMILES string of the molecule is CC(=O)c1c(C)nn([C@@H](C)CC(=O)N2C[C@H]3CC=CC[C@H]3C2)c1C. The van der Waals surface area contributed by atoms with Gasteiger partial charge >= 0.3 is 0 Å².